The van der Waals surface area contributed by atoms with Gasteiger partial charge in [-0.15, -0.1) is 0 Å². The summed E-state index contributed by atoms with van der Waals surface area (Å²) in [6.45, 7) is 8.72. The molecule has 0 saturated heterocycles. The summed E-state index contributed by atoms with van der Waals surface area (Å²) in [5, 5.41) is 6.40. The predicted molar refractivity (Wildman–Crippen MR) is 100 cm³/mol. The maximum Gasteiger partial charge on any atom is 0.270 e. The minimum atomic E-state index is -0.130. The molecule has 2 aromatic rings. The maximum atomic E-state index is 12.2. The van der Waals surface area contributed by atoms with E-state index in [1.807, 2.05) is 0 Å². The highest BCUT2D eigenvalue weighted by Gasteiger charge is 2.24. The number of nitrogens with one attached hydrogen (secondary N) is 2. The van der Waals surface area contributed by atoms with Crippen molar-refractivity contribution in [1.29, 1.82) is 0 Å². The lowest BCUT2D eigenvalue weighted by atomic mass is 9.92. The molecule has 0 bridgehead atoms. The third kappa shape index (κ3) is 4.16. The van der Waals surface area contributed by atoms with Crippen LogP contribution in [0.4, 0.5) is 11.5 Å². The van der Waals surface area contributed by atoms with E-state index >= 15 is 0 Å². The Morgan fingerprint density at radius 1 is 1.08 bits per heavy atom. The summed E-state index contributed by atoms with van der Waals surface area (Å²) in [4.78, 5) is 20.6. The Morgan fingerprint density at radius 2 is 1.72 bits per heavy atom. The highest BCUT2D eigenvalue weighted by atomic mass is 16.2. The molecule has 1 aliphatic carbocycles. The first-order valence-electron chi connectivity index (χ1n) is 8.98. The average molecular weight is 338 g/mol. The van der Waals surface area contributed by atoms with E-state index in [1.54, 1.807) is 6.07 Å². The van der Waals surface area contributed by atoms with Crippen LogP contribution < -0.4 is 10.6 Å². The molecule has 3 rings (SSSR count). The summed E-state index contributed by atoms with van der Waals surface area (Å²) in [5.74, 6) is 1.29. The van der Waals surface area contributed by atoms with Gasteiger partial charge in [0.2, 0.25) is 0 Å². The molecule has 25 heavy (non-hydrogen) atoms. The SMILES string of the molecule is CC(C)c1cccc(C(C)C)c1Nc1cc(C(=O)NC2CC2)ncn1. The smallest absolute Gasteiger partial charge is 0.270 e. The number of hydrogen-bond acceptors (Lipinski definition) is 4. The van der Waals surface area contributed by atoms with E-state index < -0.39 is 0 Å². The van der Waals surface area contributed by atoms with Crippen molar-refractivity contribution in [3.8, 4) is 0 Å². The Hall–Kier alpha value is -2.43. The average Bonchev–Trinajstić information content (AvgIpc) is 3.38. The minimum Gasteiger partial charge on any atom is -0.348 e. The zero-order valence-corrected chi connectivity index (χ0v) is 15.3. The van der Waals surface area contributed by atoms with Crippen LogP contribution >= 0.6 is 0 Å². The van der Waals surface area contributed by atoms with Gasteiger partial charge in [-0.2, -0.15) is 0 Å². The van der Waals surface area contributed by atoms with Crippen LogP contribution in [0.1, 0.15) is 74.0 Å². The van der Waals surface area contributed by atoms with Gasteiger partial charge in [-0.05, 0) is 35.8 Å². The number of carbonyl (C=O) groups is 1. The van der Waals surface area contributed by atoms with Crippen LogP contribution in [0.25, 0.3) is 0 Å². The lowest BCUT2D eigenvalue weighted by molar-refractivity contribution is 0.0946. The van der Waals surface area contributed by atoms with E-state index in [1.165, 1.54) is 17.5 Å². The van der Waals surface area contributed by atoms with Gasteiger partial charge in [-0.1, -0.05) is 45.9 Å². The van der Waals surface area contributed by atoms with Gasteiger partial charge in [-0.3, -0.25) is 4.79 Å². The molecule has 1 fully saturated rings. The monoisotopic (exact) mass is 338 g/mol. The summed E-state index contributed by atoms with van der Waals surface area (Å²) in [6.07, 6.45) is 3.56. The third-order valence-electron chi connectivity index (χ3n) is 4.44. The molecule has 132 valence electrons. The number of amides is 1. The van der Waals surface area contributed by atoms with Crippen molar-refractivity contribution in [1.82, 2.24) is 15.3 Å². The second-order valence-electron chi connectivity index (χ2n) is 7.28. The van der Waals surface area contributed by atoms with Crippen molar-refractivity contribution < 1.29 is 4.79 Å². The van der Waals surface area contributed by atoms with Crippen molar-refractivity contribution in [2.45, 2.75) is 58.4 Å². The zero-order valence-electron chi connectivity index (χ0n) is 15.3. The Bertz CT molecular complexity index is 740. The molecule has 5 nitrogen and oxygen atoms in total. The Kier molecular flexibility index (Phi) is 5.02. The number of rotatable bonds is 6. The van der Waals surface area contributed by atoms with Gasteiger partial charge in [0.1, 0.15) is 17.8 Å². The Morgan fingerprint density at radius 3 is 2.28 bits per heavy atom. The molecular weight excluding hydrogens is 312 g/mol. The highest BCUT2D eigenvalue weighted by molar-refractivity contribution is 5.93. The van der Waals surface area contributed by atoms with Crippen LogP contribution in [-0.2, 0) is 0 Å². The van der Waals surface area contributed by atoms with Gasteiger partial charge in [-0.25, -0.2) is 9.97 Å². The second kappa shape index (κ2) is 7.21. The van der Waals surface area contributed by atoms with Gasteiger partial charge in [0.05, 0.1) is 0 Å². The third-order valence-corrected chi connectivity index (χ3v) is 4.44. The minimum absolute atomic E-state index is 0.130. The van der Waals surface area contributed by atoms with Gasteiger partial charge in [0, 0.05) is 17.8 Å². The lowest BCUT2D eigenvalue weighted by Gasteiger charge is -2.20. The van der Waals surface area contributed by atoms with E-state index in [9.17, 15) is 4.79 Å². The molecule has 1 aromatic heterocycles. The fraction of sp³-hybridized carbons (Fsp3) is 0.450. The van der Waals surface area contributed by atoms with Gasteiger partial charge >= 0.3 is 0 Å². The van der Waals surface area contributed by atoms with E-state index in [0.717, 1.165) is 18.5 Å². The molecule has 2 N–H and O–H groups in total. The number of anilines is 2. The van der Waals surface area contributed by atoms with Crippen LogP contribution in [-0.4, -0.2) is 21.9 Å². The molecule has 1 heterocycles. The number of aromatic nitrogens is 2. The van der Waals surface area contributed by atoms with Gasteiger partial charge < -0.3 is 10.6 Å². The van der Waals surface area contributed by atoms with E-state index in [2.05, 4.69) is 66.5 Å². The molecule has 1 aromatic carbocycles. The van der Waals surface area contributed by atoms with Gasteiger partial charge in [0.15, 0.2) is 0 Å². The molecule has 5 heteroatoms. The van der Waals surface area contributed by atoms with Crippen molar-refractivity contribution in [3.05, 3.63) is 47.4 Å². The zero-order chi connectivity index (χ0) is 18.0. The number of nitrogens with zero attached hydrogens (tertiary/aromatic N) is 2. The lowest BCUT2D eigenvalue weighted by Crippen LogP contribution is -2.26. The molecule has 1 saturated carbocycles. The Balaban J connectivity index is 1.90. The normalized spacial score (nSPS) is 14.0. The summed E-state index contributed by atoms with van der Waals surface area (Å²) in [7, 11) is 0. The Labute approximate surface area is 149 Å². The first kappa shape index (κ1) is 17.4. The molecule has 0 aliphatic heterocycles. The largest absolute Gasteiger partial charge is 0.348 e. The van der Waals surface area contributed by atoms with E-state index in [4.69, 9.17) is 0 Å². The second-order valence-corrected chi connectivity index (χ2v) is 7.28. The summed E-state index contributed by atoms with van der Waals surface area (Å²) >= 11 is 0. The number of para-hydroxylation sites is 1. The van der Waals surface area contributed by atoms with Gasteiger partial charge in [0.25, 0.3) is 5.91 Å². The molecular formula is C20H26N4O. The molecule has 0 atom stereocenters. The topological polar surface area (TPSA) is 66.9 Å². The number of carbonyl (C=O) groups excluding carboxylic acids is 1. The van der Waals surface area contributed by atoms with Crippen LogP contribution in [0.15, 0.2) is 30.6 Å². The summed E-state index contributed by atoms with van der Waals surface area (Å²) < 4.78 is 0. The standard InChI is InChI=1S/C20H26N4O/c1-12(2)15-6-5-7-16(13(3)4)19(15)24-18-10-17(21-11-22-18)20(25)23-14-8-9-14/h5-7,10-14H,8-9H2,1-4H3,(H,23,25)(H,21,22,24). The van der Waals surface area contributed by atoms with Crippen LogP contribution in [0.5, 0.6) is 0 Å². The molecule has 0 unspecified atom stereocenters. The molecule has 0 spiro atoms. The van der Waals surface area contributed by atoms with Crippen molar-refractivity contribution >= 4 is 17.4 Å². The van der Waals surface area contributed by atoms with Crippen molar-refractivity contribution in [2.24, 2.45) is 0 Å². The molecule has 1 aliphatic rings. The fourth-order valence-electron chi connectivity index (χ4n) is 2.86. The van der Waals surface area contributed by atoms with Crippen molar-refractivity contribution in [3.63, 3.8) is 0 Å². The number of hydrogen-bond donors (Lipinski definition) is 2. The van der Waals surface area contributed by atoms with Crippen molar-refractivity contribution in [2.75, 3.05) is 5.32 Å². The predicted octanol–water partition coefficient (Wildman–Crippen LogP) is 4.36. The quantitative estimate of drug-likeness (QED) is 0.821. The maximum absolute atomic E-state index is 12.2. The van der Waals surface area contributed by atoms with Crippen LogP contribution in [0.2, 0.25) is 0 Å². The molecule has 0 radical (unpaired) electrons. The fourth-order valence-corrected chi connectivity index (χ4v) is 2.86. The molecule has 1 amide bonds. The summed E-state index contributed by atoms with van der Waals surface area (Å²) in [5.41, 5.74) is 3.97. The first-order valence-corrected chi connectivity index (χ1v) is 8.98. The van der Waals surface area contributed by atoms with Crippen LogP contribution in [0, 0.1) is 0 Å². The van der Waals surface area contributed by atoms with Crippen LogP contribution in [0.3, 0.4) is 0 Å². The first-order chi connectivity index (χ1) is 12.0. The highest BCUT2D eigenvalue weighted by Crippen LogP contribution is 2.34. The number of benzene rings is 1. The summed E-state index contributed by atoms with van der Waals surface area (Å²) in [6, 6.07) is 8.42. The van der Waals surface area contributed by atoms with E-state index in [-0.39, 0.29) is 5.91 Å². The van der Waals surface area contributed by atoms with E-state index in [0.29, 0.717) is 29.4 Å².